The van der Waals surface area contributed by atoms with Crippen molar-refractivity contribution >= 4 is 52.0 Å². The minimum Gasteiger partial charge on any atom is -0.332 e. The smallest absolute Gasteiger partial charge is 0.176 e. The number of hydrogen-bond donors (Lipinski definition) is 2. The highest BCUT2D eigenvalue weighted by molar-refractivity contribution is 7.80. The van der Waals surface area contributed by atoms with Gasteiger partial charge in [0, 0.05) is 16.9 Å². The number of aromatic nitrogens is 2. The van der Waals surface area contributed by atoms with Crippen LogP contribution in [0, 0.1) is 0 Å². The number of anilines is 2. The zero-order valence-electron chi connectivity index (χ0n) is 15.6. The number of nitrogens with one attached hydrogen (secondary N) is 2. The molecule has 0 saturated heterocycles. The molecule has 2 aromatic carbocycles. The van der Waals surface area contributed by atoms with Crippen molar-refractivity contribution in [3.05, 3.63) is 75.9 Å². The monoisotopic (exact) mass is 432 g/mol. The van der Waals surface area contributed by atoms with Gasteiger partial charge in [0.1, 0.15) is 5.02 Å². The second-order valence-electron chi connectivity index (χ2n) is 6.49. The van der Waals surface area contributed by atoms with Crippen molar-refractivity contribution in [1.29, 1.82) is 0 Å². The Labute approximate surface area is 180 Å². The normalized spacial score (nSPS) is 10.7. The molecule has 0 radical (unpaired) electrons. The van der Waals surface area contributed by atoms with Gasteiger partial charge in [0.15, 0.2) is 10.9 Å². The first-order valence-corrected chi connectivity index (χ1v) is 10.3. The molecule has 0 bridgehead atoms. The number of benzene rings is 2. The molecule has 1 aromatic heterocycles. The van der Waals surface area contributed by atoms with Gasteiger partial charge < -0.3 is 10.6 Å². The molecule has 0 aliphatic heterocycles. The second-order valence-corrected chi connectivity index (χ2v) is 7.72. The molecule has 1 heterocycles. The lowest BCUT2D eigenvalue weighted by Gasteiger charge is -2.10. The summed E-state index contributed by atoms with van der Waals surface area (Å²) in [5.41, 5.74) is 3.22. The zero-order chi connectivity index (χ0) is 19.9. The molecule has 146 valence electrons. The second kappa shape index (κ2) is 9.92. The Kier molecular flexibility index (Phi) is 7.31. The lowest BCUT2D eigenvalue weighted by molar-refractivity contribution is 0.690. The fourth-order valence-corrected chi connectivity index (χ4v) is 3.38. The highest BCUT2D eigenvalue weighted by atomic mass is 35.5. The first-order chi connectivity index (χ1) is 13.5. The predicted octanol–water partition coefficient (Wildman–Crippen LogP) is 6.39. The van der Waals surface area contributed by atoms with E-state index in [1.165, 1.54) is 18.4 Å². The average Bonchev–Trinajstić information content (AvgIpc) is 3.02. The van der Waals surface area contributed by atoms with Crippen molar-refractivity contribution in [2.45, 2.75) is 32.7 Å². The van der Waals surface area contributed by atoms with Gasteiger partial charge in [0.05, 0.1) is 6.54 Å². The van der Waals surface area contributed by atoms with Gasteiger partial charge in [0.25, 0.3) is 0 Å². The van der Waals surface area contributed by atoms with Gasteiger partial charge in [-0.3, -0.25) is 4.68 Å². The van der Waals surface area contributed by atoms with Gasteiger partial charge >= 0.3 is 0 Å². The number of nitrogens with zero attached hydrogens (tertiary/aromatic N) is 2. The maximum atomic E-state index is 6.30. The molecule has 0 fully saturated rings. The number of unbranched alkanes of at least 4 members (excludes halogenated alkanes) is 1. The SMILES string of the molecule is CCCCc1ccc(NC(=S)Nc2nn(Cc3ccccc3Cl)cc2Cl)cc1. The maximum absolute atomic E-state index is 6.30. The lowest BCUT2D eigenvalue weighted by atomic mass is 10.1. The topological polar surface area (TPSA) is 41.9 Å². The van der Waals surface area contributed by atoms with Crippen molar-refractivity contribution in [3.8, 4) is 0 Å². The zero-order valence-corrected chi connectivity index (χ0v) is 17.9. The van der Waals surface area contributed by atoms with E-state index in [9.17, 15) is 0 Å². The van der Waals surface area contributed by atoms with E-state index in [1.54, 1.807) is 10.9 Å². The summed E-state index contributed by atoms with van der Waals surface area (Å²) >= 11 is 17.9. The van der Waals surface area contributed by atoms with Crippen LogP contribution in [-0.4, -0.2) is 14.9 Å². The van der Waals surface area contributed by atoms with Crippen LogP contribution in [0.15, 0.2) is 54.7 Å². The fourth-order valence-electron chi connectivity index (χ4n) is 2.77. The van der Waals surface area contributed by atoms with Crippen LogP contribution in [0.1, 0.15) is 30.9 Å². The molecule has 0 spiro atoms. The Morgan fingerprint density at radius 1 is 1.04 bits per heavy atom. The molecule has 0 aliphatic carbocycles. The minimum atomic E-state index is 0.436. The molecular weight excluding hydrogens is 411 g/mol. The summed E-state index contributed by atoms with van der Waals surface area (Å²) in [6.45, 7) is 2.72. The molecule has 0 atom stereocenters. The third kappa shape index (κ3) is 5.71. The van der Waals surface area contributed by atoms with Gasteiger partial charge in [-0.2, -0.15) is 5.10 Å². The van der Waals surface area contributed by atoms with Crippen LogP contribution in [0.2, 0.25) is 10.0 Å². The Hall–Kier alpha value is -2.08. The van der Waals surface area contributed by atoms with Crippen LogP contribution in [0.25, 0.3) is 0 Å². The van der Waals surface area contributed by atoms with Crippen LogP contribution in [0.4, 0.5) is 11.5 Å². The summed E-state index contributed by atoms with van der Waals surface area (Å²) in [5.74, 6) is 0.505. The van der Waals surface area contributed by atoms with E-state index in [1.807, 2.05) is 36.4 Å². The molecule has 2 N–H and O–H groups in total. The highest BCUT2D eigenvalue weighted by Gasteiger charge is 2.10. The lowest BCUT2D eigenvalue weighted by Crippen LogP contribution is -2.19. The molecule has 4 nitrogen and oxygen atoms in total. The molecule has 7 heteroatoms. The average molecular weight is 433 g/mol. The van der Waals surface area contributed by atoms with Crippen molar-refractivity contribution in [2.75, 3.05) is 10.6 Å². The number of rotatable bonds is 7. The molecular formula is C21H22Cl2N4S. The molecule has 3 aromatic rings. The van der Waals surface area contributed by atoms with E-state index in [2.05, 4.69) is 34.8 Å². The first-order valence-electron chi connectivity index (χ1n) is 9.18. The fraction of sp³-hybridized carbons (Fsp3) is 0.238. The molecule has 0 aliphatic rings. The van der Waals surface area contributed by atoms with Gasteiger partial charge in [-0.25, -0.2) is 0 Å². The van der Waals surface area contributed by atoms with Crippen LogP contribution in [-0.2, 0) is 13.0 Å². The van der Waals surface area contributed by atoms with Crippen molar-refractivity contribution in [1.82, 2.24) is 9.78 Å². The van der Waals surface area contributed by atoms with E-state index in [0.717, 1.165) is 17.7 Å². The van der Waals surface area contributed by atoms with Crippen molar-refractivity contribution in [2.24, 2.45) is 0 Å². The molecule has 3 rings (SSSR count). The molecule has 0 saturated carbocycles. The van der Waals surface area contributed by atoms with Crippen LogP contribution < -0.4 is 10.6 Å². The Bertz CT molecular complexity index is 938. The van der Waals surface area contributed by atoms with E-state index in [4.69, 9.17) is 35.4 Å². The van der Waals surface area contributed by atoms with E-state index >= 15 is 0 Å². The highest BCUT2D eigenvalue weighted by Crippen LogP contribution is 2.22. The minimum absolute atomic E-state index is 0.436. The van der Waals surface area contributed by atoms with Gasteiger partial charge in [-0.05, 0) is 54.4 Å². The van der Waals surface area contributed by atoms with Crippen LogP contribution in [0.3, 0.4) is 0 Å². The van der Waals surface area contributed by atoms with Gasteiger partial charge in [-0.1, -0.05) is 66.9 Å². The number of hydrogen-bond acceptors (Lipinski definition) is 2. The summed E-state index contributed by atoms with van der Waals surface area (Å²) in [6, 6.07) is 15.9. The first kappa shape index (κ1) is 20.6. The Balaban J connectivity index is 1.59. The van der Waals surface area contributed by atoms with Crippen LogP contribution in [0.5, 0.6) is 0 Å². The summed E-state index contributed by atoms with van der Waals surface area (Å²) in [4.78, 5) is 0. The summed E-state index contributed by atoms with van der Waals surface area (Å²) in [7, 11) is 0. The van der Waals surface area contributed by atoms with E-state index in [0.29, 0.717) is 27.5 Å². The quantitative estimate of drug-likeness (QED) is 0.424. The Morgan fingerprint density at radius 2 is 1.79 bits per heavy atom. The number of aryl methyl sites for hydroxylation is 1. The number of thiocarbonyl (C=S) groups is 1. The molecule has 28 heavy (non-hydrogen) atoms. The molecule has 0 amide bonds. The summed E-state index contributed by atoms with van der Waals surface area (Å²) in [5, 5.41) is 12.3. The summed E-state index contributed by atoms with van der Waals surface area (Å²) < 4.78 is 1.73. The van der Waals surface area contributed by atoms with E-state index < -0.39 is 0 Å². The third-order valence-corrected chi connectivity index (χ3v) is 5.12. The molecule has 0 unspecified atom stereocenters. The summed E-state index contributed by atoms with van der Waals surface area (Å²) in [6.07, 6.45) is 5.23. The van der Waals surface area contributed by atoms with Gasteiger partial charge in [0.2, 0.25) is 0 Å². The standard InChI is InChI=1S/C21H22Cl2N4S/c1-2-3-6-15-9-11-17(12-10-15)24-21(28)25-20-19(23)14-27(26-20)13-16-7-4-5-8-18(16)22/h4-5,7-12,14H,2-3,6,13H2,1H3,(H2,24,25,26,28). The van der Waals surface area contributed by atoms with Gasteiger partial charge in [-0.15, -0.1) is 0 Å². The number of halogens is 2. The van der Waals surface area contributed by atoms with E-state index in [-0.39, 0.29) is 0 Å². The van der Waals surface area contributed by atoms with Crippen molar-refractivity contribution < 1.29 is 0 Å². The maximum Gasteiger partial charge on any atom is 0.176 e. The third-order valence-electron chi connectivity index (χ3n) is 4.27. The predicted molar refractivity (Wildman–Crippen MR) is 123 cm³/mol. The van der Waals surface area contributed by atoms with Crippen LogP contribution >= 0.6 is 35.4 Å². The largest absolute Gasteiger partial charge is 0.332 e. The van der Waals surface area contributed by atoms with Crippen molar-refractivity contribution in [3.63, 3.8) is 0 Å². The Morgan fingerprint density at radius 3 is 2.50 bits per heavy atom.